The van der Waals surface area contributed by atoms with Gasteiger partial charge < -0.3 is 11.5 Å². The van der Waals surface area contributed by atoms with Crippen molar-refractivity contribution in [3.63, 3.8) is 0 Å². The summed E-state index contributed by atoms with van der Waals surface area (Å²) < 4.78 is 0. The van der Waals surface area contributed by atoms with Crippen LogP contribution in [0.15, 0.2) is 34.1 Å². The zero-order chi connectivity index (χ0) is 12.1. The molecule has 2 rings (SSSR count). The van der Waals surface area contributed by atoms with Crippen LogP contribution in [-0.4, -0.2) is 6.04 Å². The van der Waals surface area contributed by atoms with Gasteiger partial charge in [0.25, 0.3) is 0 Å². The van der Waals surface area contributed by atoms with Gasteiger partial charge in [0.15, 0.2) is 0 Å². The Morgan fingerprint density at radius 2 is 2.06 bits per heavy atom. The van der Waals surface area contributed by atoms with Crippen molar-refractivity contribution in [2.75, 3.05) is 0 Å². The Hall–Kier alpha value is -2.04. The highest BCUT2D eigenvalue weighted by atomic mass is 14.7. The lowest BCUT2D eigenvalue weighted by Gasteiger charge is -2.20. The van der Waals surface area contributed by atoms with Crippen LogP contribution in [0.2, 0.25) is 0 Å². The molecule has 2 atom stereocenters. The summed E-state index contributed by atoms with van der Waals surface area (Å²) >= 11 is 0. The van der Waals surface area contributed by atoms with Crippen molar-refractivity contribution in [1.29, 1.82) is 10.5 Å². The van der Waals surface area contributed by atoms with E-state index in [-0.39, 0.29) is 0 Å². The van der Waals surface area contributed by atoms with E-state index < -0.39 is 11.5 Å². The third-order valence-corrected chi connectivity index (χ3v) is 3.32. The molecule has 0 radical (unpaired) electrons. The number of allylic oxidation sites excluding steroid dienone is 2. The molecule has 2 aliphatic rings. The second-order valence-corrected chi connectivity index (χ2v) is 4.33. The Morgan fingerprint density at radius 3 is 2.56 bits per heavy atom. The summed E-state index contributed by atoms with van der Waals surface area (Å²) in [5, 5.41) is 18.2. The van der Waals surface area contributed by atoms with Crippen LogP contribution < -0.4 is 11.5 Å². The van der Waals surface area contributed by atoms with Crippen molar-refractivity contribution < 1.29 is 0 Å². The van der Waals surface area contributed by atoms with Gasteiger partial charge in [-0.25, -0.2) is 0 Å². The van der Waals surface area contributed by atoms with Crippen LogP contribution in [0.5, 0.6) is 0 Å². The molecule has 0 spiro atoms. The first-order valence-corrected chi connectivity index (χ1v) is 4.97. The van der Waals surface area contributed by atoms with Gasteiger partial charge in [0.05, 0.1) is 29.2 Å². The van der Waals surface area contributed by atoms with Crippen molar-refractivity contribution in [2.45, 2.75) is 19.9 Å². The van der Waals surface area contributed by atoms with Crippen LogP contribution in [0.3, 0.4) is 0 Å². The molecule has 0 fully saturated rings. The molecule has 0 saturated carbocycles. The van der Waals surface area contributed by atoms with Gasteiger partial charge in [-0.3, -0.25) is 0 Å². The summed E-state index contributed by atoms with van der Waals surface area (Å²) in [6.07, 6.45) is 1.72. The largest absolute Gasteiger partial charge is 0.398 e. The molecule has 4 N–H and O–H groups in total. The number of nitriles is 2. The van der Waals surface area contributed by atoms with Crippen LogP contribution in [0.1, 0.15) is 13.8 Å². The summed E-state index contributed by atoms with van der Waals surface area (Å²) in [6.45, 7) is 3.60. The highest BCUT2D eigenvalue weighted by molar-refractivity contribution is 5.69. The predicted molar refractivity (Wildman–Crippen MR) is 59.3 cm³/mol. The molecule has 0 saturated heterocycles. The first kappa shape index (κ1) is 10.5. The Labute approximate surface area is 94.1 Å². The maximum absolute atomic E-state index is 9.21. The van der Waals surface area contributed by atoms with Crippen molar-refractivity contribution >= 4 is 0 Å². The van der Waals surface area contributed by atoms with E-state index in [1.54, 1.807) is 13.0 Å². The van der Waals surface area contributed by atoms with E-state index in [0.717, 1.165) is 16.7 Å². The molecule has 0 aromatic heterocycles. The summed E-state index contributed by atoms with van der Waals surface area (Å²) in [4.78, 5) is 0. The van der Waals surface area contributed by atoms with Gasteiger partial charge in [-0.05, 0) is 31.1 Å². The van der Waals surface area contributed by atoms with E-state index in [9.17, 15) is 5.26 Å². The minimum Gasteiger partial charge on any atom is -0.398 e. The highest BCUT2D eigenvalue weighted by Crippen LogP contribution is 2.48. The molecule has 0 aliphatic heterocycles. The zero-order valence-electron chi connectivity index (χ0n) is 9.20. The molecule has 0 aromatic carbocycles. The van der Waals surface area contributed by atoms with E-state index in [2.05, 4.69) is 12.1 Å². The summed E-state index contributed by atoms with van der Waals surface area (Å²) in [5.74, 6) is 0. The zero-order valence-corrected chi connectivity index (χ0v) is 9.20. The molecule has 2 unspecified atom stereocenters. The first-order chi connectivity index (χ1) is 7.46. The molecular formula is C12H12N4. The van der Waals surface area contributed by atoms with Crippen LogP contribution in [0, 0.1) is 28.1 Å². The van der Waals surface area contributed by atoms with Crippen molar-refractivity contribution in [2.24, 2.45) is 16.9 Å². The van der Waals surface area contributed by atoms with E-state index in [1.165, 1.54) is 0 Å². The third-order valence-electron chi connectivity index (χ3n) is 3.32. The Morgan fingerprint density at radius 1 is 1.44 bits per heavy atom. The molecule has 0 heterocycles. The lowest BCUT2D eigenvalue weighted by Crippen LogP contribution is -2.30. The average molecular weight is 212 g/mol. The van der Waals surface area contributed by atoms with Gasteiger partial charge in [-0.1, -0.05) is 0 Å². The van der Waals surface area contributed by atoms with Gasteiger partial charge in [-0.2, -0.15) is 10.5 Å². The molecule has 16 heavy (non-hydrogen) atoms. The quantitative estimate of drug-likeness (QED) is 0.621. The summed E-state index contributed by atoms with van der Waals surface area (Å²) in [5.41, 5.74) is 14.6. The molecule has 4 nitrogen and oxygen atoms in total. The molecule has 2 aliphatic carbocycles. The minimum atomic E-state index is -0.779. The summed E-state index contributed by atoms with van der Waals surface area (Å²) in [6, 6.07) is 3.80. The van der Waals surface area contributed by atoms with Crippen LogP contribution in [-0.2, 0) is 0 Å². The number of rotatable bonds is 0. The first-order valence-electron chi connectivity index (χ1n) is 4.97. The van der Waals surface area contributed by atoms with E-state index in [0.29, 0.717) is 11.3 Å². The van der Waals surface area contributed by atoms with Crippen LogP contribution in [0.25, 0.3) is 0 Å². The fourth-order valence-corrected chi connectivity index (χ4v) is 2.53. The van der Waals surface area contributed by atoms with Gasteiger partial charge in [0, 0.05) is 11.3 Å². The smallest absolute Gasteiger partial charge is 0.0985 e. The minimum absolute atomic E-state index is 0.498. The number of nitrogens with zero attached hydrogens (tertiary/aromatic N) is 2. The second kappa shape index (κ2) is 2.98. The van der Waals surface area contributed by atoms with E-state index in [1.807, 2.05) is 6.92 Å². The standard InChI is InChI=1S/C12H12N4/c1-6-7(4-13)11(16)10-9(6)8(15)3-12(10,2)5-14/h3,11H,15-16H2,1-2H3. The highest BCUT2D eigenvalue weighted by Gasteiger charge is 2.44. The number of nitrogens with two attached hydrogens (primary N) is 2. The predicted octanol–water partition coefficient (Wildman–Crippen LogP) is 0.850. The third kappa shape index (κ3) is 0.997. The van der Waals surface area contributed by atoms with E-state index in [4.69, 9.17) is 16.7 Å². The maximum Gasteiger partial charge on any atom is 0.0985 e. The Bertz CT molecular complexity index is 551. The van der Waals surface area contributed by atoms with Crippen molar-refractivity contribution in [1.82, 2.24) is 0 Å². The molecule has 0 amide bonds. The second-order valence-electron chi connectivity index (χ2n) is 4.33. The lowest BCUT2D eigenvalue weighted by atomic mass is 9.82. The number of hydrogen-bond acceptors (Lipinski definition) is 4. The van der Waals surface area contributed by atoms with Gasteiger partial charge in [-0.15, -0.1) is 0 Å². The lowest BCUT2D eigenvalue weighted by molar-refractivity contribution is 0.640. The number of hydrogen-bond donors (Lipinski definition) is 2. The van der Waals surface area contributed by atoms with Crippen molar-refractivity contribution in [3.05, 3.63) is 34.1 Å². The van der Waals surface area contributed by atoms with E-state index >= 15 is 0 Å². The van der Waals surface area contributed by atoms with Gasteiger partial charge in [0.1, 0.15) is 0 Å². The van der Waals surface area contributed by atoms with Crippen molar-refractivity contribution in [3.8, 4) is 12.1 Å². The summed E-state index contributed by atoms with van der Waals surface area (Å²) in [7, 11) is 0. The maximum atomic E-state index is 9.21. The molecular weight excluding hydrogens is 200 g/mol. The fraction of sp³-hybridized carbons (Fsp3) is 0.333. The van der Waals surface area contributed by atoms with Crippen LogP contribution >= 0.6 is 0 Å². The molecule has 4 heteroatoms. The molecule has 0 aromatic rings. The van der Waals surface area contributed by atoms with Gasteiger partial charge in [0.2, 0.25) is 0 Å². The Kier molecular flexibility index (Phi) is 1.95. The Balaban J connectivity index is 2.68. The van der Waals surface area contributed by atoms with Gasteiger partial charge >= 0.3 is 0 Å². The molecule has 0 bridgehead atoms. The average Bonchev–Trinajstić information content (AvgIpc) is 2.65. The molecule has 80 valence electrons. The fourth-order valence-electron chi connectivity index (χ4n) is 2.53. The van der Waals surface area contributed by atoms with Crippen LogP contribution in [0.4, 0.5) is 0 Å². The topological polar surface area (TPSA) is 99.6 Å². The normalized spacial score (nSPS) is 32.3. The monoisotopic (exact) mass is 212 g/mol. The SMILES string of the molecule is CC1=C(C#N)C(N)C2=C1C(N)=CC2(C)C#N.